The molecule has 3 aromatic rings. The van der Waals surface area contributed by atoms with Crippen molar-refractivity contribution >= 4 is 29.2 Å². The number of anilines is 2. The van der Waals surface area contributed by atoms with E-state index in [1.165, 1.54) is 60.7 Å². The van der Waals surface area contributed by atoms with Crippen LogP contribution in [-0.4, -0.2) is 31.0 Å². The zero-order valence-corrected chi connectivity index (χ0v) is 17.9. The van der Waals surface area contributed by atoms with Crippen molar-refractivity contribution in [1.82, 2.24) is 0 Å². The molecule has 0 aliphatic carbocycles. The quantitative estimate of drug-likeness (QED) is 0.354. The fourth-order valence-corrected chi connectivity index (χ4v) is 2.77. The Hall–Kier alpha value is -4.41. The van der Waals surface area contributed by atoms with Crippen LogP contribution in [0.1, 0.15) is 15.9 Å². The van der Waals surface area contributed by atoms with Gasteiger partial charge in [0.2, 0.25) is 0 Å². The smallest absolute Gasteiger partial charge is 0.416 e. The van der Waals surface area contributed by atoms with Gasteiger partial charge < -0.3 is 20.1 Å². The Morgan fingerprint density at radius 3 is 2.17 bits per heavy atom. The van der Waals surface area contributed by atoms with Gasteiger partial charge in [-0.15, -0.1) is 0 Å². The number of benzene rings is 3. The van der Waals surface area contributed by atoms with E-state index in [0.29, 0.717) is 0 Å². The Balaban J connectivity index is 1.45. The van der Waals surface area contributed by atoms with Crippen molar-refractivity contribution in [3.05, 3.63) is 89.7 Å². The van der Waals surface area contributed by atoms with Crippen LogP contribution in [0.3, 0.4) is 0 Å². The summed E-state index contributed by atoms with van der Waals surface area (Å²) >= 11 is 0. The molecular formula is C24H18F4N2O5. The first-order valence-electron chi connectivity index (χ1n) is 10.0. The second kappa shape index (κ2) is 11.1. The number of ether oxygens (including phenoxy) is 2. The number of halogens is 4. The molecule has 7 nitrogen and oxygen atoms in total. The lowest BCUT2D eigenvalue weighted by Crippen LogP contribution is -2.21. The molecule has 0 spiro atoms. The van der Waals surface area contributed by atoms with Crippen molar-refractivity contribution in [2.75, 3.05) is 23.8 Å². The molecule has 0 saturated heterocycles. The number of carbonyl (C=O) groups excluding carboxylic acids is 3. The van der Waals surface area contributed by atoms with Crippen LogP contribution in [-0.2, 0) is 20.5 Å². The van der Waals surface area contributed by atoms with E-state index in [4.69, 9.17) is 9.47 Å². The molecule has 0 aromatic heterocycles. The fourth-order valence-electron chi connectivity index (χ4n) is 2.77. The van der Waals surface area contributed by atoms with Gasteiger partial charge in [0.25, 0.3) is 11.8 Å². The molecule has 0 bridgehead atoms. The van der Waals surface area contributed by atoms with Gasteiger partial charge in [0.15, 0.2) is 13.2 Å². The molecule has 11 heteroatoms. The number of alkyl halides is 3. The van der Waals surface area contributed by atoms with Crippen LogP contribution in [0.15, 0.2) is 72.8 Å². The summed E-state index contributed by atoms with van der Waals surface area (Å²) in [6.45, 7) is -1.13. The number of para-hydroxylation sites is 1. The first-order chi connectivity index (χ1) is 16.6. The molecule has 3 rings (SSSR count). The van der Waals surface area contributed by atoms with Crippen molar-refractivity contribution in [1.29, 1.82) is 0 Å². The van der Waals surface area contributed by atoms with Gasteiger partial charge in [0.1, 0.15) is 11.6 Å². The van der Waals surface area contributed by atoms with Crippen LogP contribution < -0.4 is 15.4 Å². The molecule has 2 N–H and O–H groups in total. The number of rotatable bonds is 8. The van der Waals surface area contributed by atoms with Crippen molar-refractivity contribution in [3.63, 3.8) is 0 Å². The van der Waals surface area contributed by atoms with Crippen molar-refractivity contribution in [3.8, 4) is 5.75 Å². The van der Waals surface area contributed by atoms with E-state index in [1.807, 2.05) is 0 Å². The van der Waals surface area contributed by atoms with Gasteiger partial charge in [-0.3, -0.25) is 9.59 Å². The average Bonchev–Trinajstić information content (AvgIpc) is 2.82. The molecule has 0 saturated carbocycles. The maximum absolute atomic E-state index is 13.5. The Labute approximate surface area is 196 Å². The van der Waals surface area contributed by atoms with Crippen molar-refractivity contribution < 1.29 is 41.4 Å². The summed E-state index contributed by atoms with van der Waals surface area (Å²) in [7, 11) is 0. The predicted molar refractivity (Wildman–Crippen MR) is 117 cm³/mol. The minimum Gasteiger partial charge on any atom is -0.484 e. The van der Waals surface area contributed by atoms with Crippen LogP contribution in [0.5, 0.6) is 5.75 Å². The monoisotopic (exact) mass is 490 g/mol. The average molecular weight is 490 g/mol. The second-order valence-electron chi connectivity index (χ2n) is 7.04. The zero-order valence-electron chi connectivity index (χ0n) is 17.9. The topological polar surface area (TPSA) is 93.7 Å². The highest BCUT2D eigenvalue weighted by Gasteiger charge is 2.30. The zero-order chi connectivity index (χ0) is 25.4. The molecule has 0 radical (unpaired) electrons. The van der Waals surface area contributed by atoms with Gasteiger partial charge in [-0.05, 0) is 54.6 Å². The van der Waals surface area contributed by atoms with Gasteiger partial charge >= 0.3 is 12.1 Å². The number of carbonyl (C=O) groups is 3. The Morgan fingerprint density at radius 1 is 0.800 bits per heavy atom. The molecule has 0 aliphatic rings. The van der Waals surface area contributed by atoms with Gasteiger partial charge in [0.05, 0.1) is 16.8 Å². The SMILES string of the molecule is O=C(COc1ccc(C(=O)OCC(=O)Nc2ccccc2F)cc1)Nc1cccc(C(F)(F)F)c1. The third kappa shape index (κ3) is 7.56. The second-order valence-corrected chi connectivity index (χ2v) is 7.04. The first kappa shape index (κ1) is 25.2. The lowest BCUT2D eigenvalue weighted by Gasteiger charge is -2.11. The number of hydrogen-bond donors (Lipinski definition) is 2. The summed E-state index contributed by atoms with van der Waals surface area (Å²) < 4.78 is 61.9. The molecule has 182 valence electrons. The minimum absolute atomic E-state index is 0.0365. The highest BCUT2D eigenvalue weighted by molar-refractivity contribution is 5.95. The molecule has 0 fully saturated rings. The van der Waals surface area contributed by atoms with E-state index in [0.717, 1.165) is 12.1 Å². The molecular weight excluding hydrogens is 472 g/mol. The van der Waals surface area contributed by atoms with Crippen molar-refractivity contribution in [2.45, 2.75) is 6.18 Å². The summed E-state index contributed by atoms with van der Waals surface area (Å²) in [6, 6.07) is 15.1. The molecule has 3 aromatic carbocycles. The van der Waals surface area contributed by atoms with Crippen LogP contribution in [0.2, 0.25) is 0 Å². The van der Waals surface area contributed by atoms with Gasteiger partial charge in [-0.1, -0.05) is 18.2 Å². The third-order valence-electron chi connectivity index (χ3n) is 4.42. The van der Waals surface area contributed by atoms with E-state index in [2.05, 4.69) is 10.6 Å². The molecule has 0 unspecified atom stereocenters. The summed E-state index contributed by atoms with van der Waals surface area (Å²) in [6.07, 6.45) is -4.54. The number of amides is 2. The number of esters is 1. The third-order valence-corrected chi connectivity index (χ3v) is 4.42. The molecule has 2 amide bonds. The van der Waals surface area contributed by atoms with Gasteiger partial charge in [0, 0.05) is 5.69 Å². The normalized spacial score (nSPS) is 10.9. The predicted octanol–water partition coefficient (Wildman–Crippen LogP) is 4.66. The van der Waals surface area contributed by atoms with E-state index in [1.54, 1.807) is 0 Å². The van der Waals surface area contributed by atoms with Crippen molar-refractivity contribution in [2.24, 2.45) is 0 Å². The van der Waals surface area contributed by atoms with E-state index in [9.17, 15) is 31.9 Å². The Morgan fingerprint density at radius 2 is 1.49 bits per heavy atom. The van der Waals surface area contributed by atoms with Crippen LogP contribution in [0, 0.1) is 5.82 Å². The number of hydrogen-bond acceptors (Lipinski definition) is 5. The molecule has 0 atom stereocenters. The van der Waals surface area contributed by atoms with E-state index >= 15 is 0 Å². The molecule has 35 heavy (non-hydrogen) atoms. The van der Waals surface area contributed by atoms with Crippen LogP contribution in [0.25, 0.3) is 0 Å². The maximum Gasteiger partial charge on any atom is 0.416 e. The summed E-state index contributed by atoms with van der Waals surface area (Å²) in [5.74, 6) is -2.66. The highest BCUT2D eigenvalue weighted by Crippen LogP contribution is 2.30. The summed E-state index contributed by atoms with van der Waals surface area (Å²) in [5.41, 5.74) is -0.898. The number of nitrogens with one attached hydrogen (secondary N) is 2. The molecule has 0 aliphatic heterocycles. The minimum atomic E-state index is -4.54. The highest BCUT2D eigenvalue weighted by atomic mass is 19.4. The molecule has 0 heterocycles. The van der Waals surface area contributed by atoms with E-state index < -0.39 is 48.6 Å². The van der Waals surface area contributed by atoms with E-state index in [-0.39, 0.29) is 22.7 Å². The fraction of sp³-hybridized carbons (Fsp3) is 0.125. The Bertz CT molecular complexity index is 1210. The van der Waals surface area contributed by atoms with Crippen LogP contribution >= 0.6 is 0 Å². The largest absolute Gasteiger partial charge is 0.484 e. The lowest BCUT2D eigenvalue weighted by atomic mass is 10.2. The first-order valence-corrected chi connectivity index (χ1v) is 10.0. The van der Waals surface area contributed by atoms with Gasteiger partial charge in [-0.2, -0.15) is 13.2 Å². The van der Waals surface area contributed by atoms with Gasteiger partial charge in [-0.25, -0.2) is 9.18 Å². The standard InChI is InChI=1S/C24H18F4N2O5/c25-19-6-1-2-7-20(19)30-22(32)14-35-23(33)15-8-10-18(11-9-15)34-13-21(31)29-17-5-3-4-16(12-17)24(26,27)28/h1-12H,13-14H2,(H,29,31)(H,30,32). The van der Waals surface area contributed by atoms with Crippen LogP contribution in [0.4, 0.5) is 28.9 Å². The summed E-state index contributed by atoms with van der Waals surface area (Å²) in [5, 5.41) is 4.58. The summed E-state index contributed by atoms with van der Waals surface area (Å²) in [4.78, 5) is 35.9. The maximum atomic E-state index is 13.5. The Kier molecular flexibility index (Phi) is 8.03. The lowest BCUT2D eigenvalue weighted by molar-refractivity contribution is -0.137.